The molecule has 0 amide bonds. The number of rotatable bonds is 38. The minimum Gasteiger partial charge on any atom is -0.304 e. The van der Waals surface area contributed by atoms with Crippen LogP contribution in [0.3, 0.4) is 0 Å². The van der Waals surface area contributed by atoms with E-state index in [1.165, 1.54) is 238 Å². The maximum Gasteiger partial charge on any atom is 0.000942 e. The second-order valence-electron chi connectivity index (χ2n) is 14.5. The molecule has 1 nitrogen and oxygen atoms in total. The van der Waals surface area contributed by atoms with Gasteiger partial charge in [0.2, 0.25) is 0 Å². The van der Waals surface area contributed by atoms with Crippen LogP contribution in [0, 0.1) is 5.92 Å². The molecular formula is C42H87N. The zero-order valence-corrected chi connectivity index (χ0v) is 31.2. The lowest BCUT2D eigenvalue weighted by atomic mass is 9.93. The van der Waals surface area contributed by atoms with Crippen LogP contribution in [-0.4, -0.2) is 24.5 Å². The Kier molecular flexibility index (Phi) is 38.1. The van der Waals surface area contributed by atoms with Gasteiger partial charge in [-0.3, -0.25) is 0 Å². The molecule has 0 N–H and O–H groups in total. The Morgan fingerprint density at radius 1 is 0.279 bits per heavy atom. The highest BCUT2D eigenvalue weighted by Gasteiger charge is 2.12. The van der Waals surface area contributed by atoms with Crippen molar-refractivity contribution in [2.75, 3.05) is 19.6 Å². The van der Waals surface area contributed by atoms with Crippen molar-refractivity contribution in [1.29, 1.82) is 0 Å². The Morgan fingerprint density at radius 3 is 0.698 bits per heavy atom. The van der Waals surface area contributed by atoms with E-state index >= 15 is 0 Å². The summed E-state index contributed by atoms with van der Waals surface area (Å²) in [6.07, 6.45) is 50.1. The largest absolute Gasteiger partial charge is 0.304 e. The Labute approximate surface area is 275 Å². The molecule has 0 rings (SSSR count). The second kappa shape index (κ2) is 38.1. The summed E-state index contributed by atoms with van der Waals surface area (Å²) in [5, 5.41) is 0. The third-order valence-corrected chi connectivity index (χ3v) is 10.3. The normalized spacial score (nSPS) is 11.9. The van der Waals surface area contributed by atoms with Crippen molar-refractivity contribution in [1.82, 2.24) is 4.90 Å². The Hall–Kier alpha value is -0.0400. The lowest BCUT2D eigenvalue weighted by Crippen LogP contribution is -2.29. The Morgan fingerprint density at radius 2 is 0.488 bits per heavy atom. The first-order valence-electron chi connectivity index (χ1n) is 21.0. The fraction of sp³-hybridized carbons (Fsp3) is 1.00. The first-order valence-corrected chi connectivity index (χ1v) is 21.0. The van der Waals surface area contributed by atoms with Crippen LogP contribution in [-0.2, 0) is 0 Å². The van der Waals surface area contributed by atoms with E-state index in [0.29, 0.717) is 0 Å². The van der Waals surface area contributed by atoms with Gasteiger partial charge in [0.15, 0.2) is 0 Å². The molecule has 0 aliphatic heterocycles. The van der Waals surface area contributed by atoms with Gasteiger partial charge in [0.25, 0.3) is 0 Å². The summed E-state index contributed by atoms with van der Waals surface area (Å²) < 4.78 is 0. The predicted octanol–water partition coefficient (Wildman–Crippen LogP) is 15.2. The van der Waals surface area contributed by atoms with Gasteiger partial charge in [-0.1, -0.05) is 233 Å². The lowest BCUT2D eigenvalue weighted by molar-refractivity contribution is 0.230. The highest BCUT2D eigenvalue weighted by Crippen LogP contribution is 2.21. The van der Waals surface area contributed by atoms with Crippen LogP contribution < -0.4 is 0 Å². The van der Waals surface area contributed by atoms with Gasteiger partial charge in [-0.2, -0.15) is 0 Å². The van der Waals surface area contributed by atoms with Crippen LogP contribution in [0.1, 0.15) is 246 Å². The van der Waals surface area contributed by atoms with Crippen molar-refractivity contribution in [3.05, 3.63) is 0 Å². The number of hydrogen-bond acceptors (Lipinski definition) is 1. The number of unbranched alkanes of at least 4 members (excludes halogenated alkanes) is 30. The molecular weight excluding hydrogens is 518 g/mol. The van der Waals surface area contributed by atoms with E-state index < -0.39 is 0 Å². The number of hydrogen-bond donors (Lipinski definition) is 0. The second-order valence-corrected chi connectivity index (χ2v) is 14.5. The van der Waals surface area contributed by atoms with E-state index in [9.17, 15) is 0 Å². The third kappa shape index (κ3) is 34.7. The topological polar surface area (TPSA) is 3.24 Å². The maximum atomic E-state index is 2.68. The quantitative estimate of drug-likeness (QED) is 0.0633. The first kappa shape index (κ1) is 43.0. The predicted molar refractivity (Wildman–Crippen MR) is 200 cm³/mol. The molecule has 260 valence electrons. The molecule has 0 saturated carbocycles. The first-order chi connectivity index (χ1) is 21.3. The third-order valence-electron chi connectivity index (χ3n) is 10.3. The van der Waals surface area contributed by atoms with Crippen molar-refractivity contribution < 1.29 is 0 Å². The smallest absolute Gasteiger partial charge is 0.000942 e. The molecule has 0 heterocycles. The summed E-state index contributed by atoms with van der Waals surface area (Å²) in [5.41, 5.74) is 0. The van der Waals surface area contributed by atoms with Gasteiger partial charge in [0.05, 0.1) is 0 Å². The van der Waals surface area contributed by atoms with Gasteiger partial charge in [-0.15, -0.1) is 0 Å². The van der Waals surface area contributed by atoms with Crippen LogP contribution in [0.5, 0.6) is 0 Å². The van der Waals surface area contributed by atoms with Crippen LogP contribution >= 0.6 is 0 Å². The van der Waals surface area contributed by atoms with E-state index in [4.69, 9.17) is 0 Å². The van der Waals surface area contributed by atoms with Gasteiger partial charge in [-0.05, 0) is 31.8 Å². The Balaban J connectivity index is 3.65. The van der Waals surface area contributed by atoms with E-state index in [1.807, 2.05) is 0 Å². The van der Waals surface area contributed by atoms with Crippen LogP contribution in [0.2, 0.25) is 0 Å². The number of nitrogens with zero attached hydrogens (tertiary/aromatic N) is 1. The molecule has 0 radical (unpaired) electrons. The fourth-order valence-corrected chi connectivity index (χ4v) is 7.14. The molecule has 0 aromatic rings. The van der Waals surface area contributed by atoms with Gasteiger partial charge in [0.1, 0.15) is 0 Å². The van der Waals surface area contributed by atoms with Gasteiger partial charge >= 0.3 is 0 Å². The summed E-state index contributed by atoms with van der Waals surface area (Å²) in [7, 11) is 0. The van der Waals surface area contributed by atoms with Crippen molar-refractivity contribution in [3.63, 3.8) is 0 Å². The van der Waals surface area contributed by atoms with Crippen LogP contribution in [0.15, 0.2) is 0 Å². The summed E-state index contributed by atoms with van der Waals surface area (Å²) in [5.74, 6) is 0.943. The maximum absolute atomic E-state index is 2.68. The molecule has 0 atom stereocenters. The van der Waals surface area contributed by atoms with Crippen molar-refractivity contribution in [2.45, 2.75) is 246 Å². The minimum absolute atomic E-state index is 0.943. The summed E-state index contributed by atoms with van der Waals surface area (Å²) in [6.45, 7) is 13.1. The van der Waals surface area contributed by atoms with E-state index in [1.54, 1.807) is 0 Å². The molecule has 1 heteroatoms. The van der Waals surface area contributed by atoms with Gasteiger partial charge < -0.3 is 4.90 Å². The Bertz CT molecular complexity index is 434. The molecule has 0 fully saturated rings. The molecule has 0 saturated heterocycles. The molecule has 0 aromatic carbocycles. The molecule has 0 unspecified atom stereocenters. The SMILES string of the molecule is CCCCCCCCCCCCCCCCCCC(CCCCCCCCCCCCCCCCCC)CN(CC)CC. The average Bonchev–Trinajstić information content (AvgIpc) is 3.02. The molecule has 43 heavy (non-hydrogen) atoms. The summed E-state index contributed by atoms with van der Waals surface area (Å²) >= 11 is 0. The van der Waals surface area contributed by atoms with Crippen LogP contribution in [0.4, 0.5) is 0 Å². The molecule has 0 aromatic heterocycles. The van der Waals surface area contributed by atoms with Gasteiger partial charge in [-0.25, -0.2) is 0 Å². The van der Waals surface area contributed by atoms with E-state index in [-0.39, 0.29) is 0 Å². The molecule has 0 aliphatic rings. The fourth-order valence-electron chi connectivity index (χ4n) is 7.14. The zero-order chi connectivity index (χ0) is 31.3. The average molecular weight is 606 g/mol. The lowest BCUT2D eigenvalue weighted by Gasteiger charge is -2.25. The molecule has 0 bridgehead atoms. The zero-order valence-electron chi connectivity index (χ0n) is 31.2. The van der Waals surface area contributed by atoms with E-state index in [0.717, 1.165) is 5.92 Å². The van der Waals surface area contributed by atoms with Crippen molar-refractivity contribution in [3.8, 4) is 0 Å². The van der Waals surface area contributed by atoms with Crippen LogP contribution in [0.25, 0.3) is 0 Å². The van der Waals surface area contributed by atoms with E-state index in [2.05, 4.69) is 32.6 Å². The van der Waals surface area contributed by atoms with Crippen molar-refractivity contribution in [2.24, 2.45) is 5.92 Å². The standard InChI is InChI=1S/C42H87N/c1-5-9-11-13-15-17-19-21-23-25-27-29-31-33-35-37-39-42(41-43(7-3)8-4)40-38-36-34-32-30-28-26-24-22-20-18-16-14-12-10-6-2/h42H,5-41H2,1-4H3. The minimum atomic E-state index is 0.943. The van der Waals surface area contributed by atoms with Gasteiger partial charge in [0, 0.05) is 6.54 Å². The summed E-state index contributed by atoms with van der Waals surface area (Å²) in [4.78, 5) is 2.68. The van der Waals surface area contributed by atoms with Crippen molar-refractivity contribution >= 4 is 0 Å². The highest BCUT2D eigenvalue weighted by molar-refractivity contribution is 4.66. The molecule has 0 spiro atoms. The molecule has 0 aliphatic carbocycles. The highest BCUT2D eigenvalue weighted by atomic mass is 15.1. The monoisotopic (exact) mass is 606 g/mol. The summed E-state index contributed by atoms with van der Waals surface area (Å²) in [6, 6.07) is 0.